The van der Waals surface area contributed by atoms with Crippen LogP contribution in [0, 0.1) is 0 Å². The van der Waals surface area contributed by atoms with Crippen LogP contribution in [0.2, 0.25) is 0 Å². The molecule has 0 amide bonds. The van der Waals surface area contributed by atoms with Crippen molar-refractivity contribution in [1.29, 1.82) is 0 Å². The summed E-state index contributed by atoms with van der Waals surface area (Å²) in [4.78, 5) is 13.8. The number of allylic oxidation sites excluding steroid dienone is 7. The summed E-state index contributed by atoms with van der Waals surface area (Å²) in [6.45, 7) is 12.3. The van der Waals surface area contributed by atoms with E-state index in [4.69, 9.17) is 4.98 Å². The molecule has 0 unspecified atom stereocenters. The van der Waals surface area contributed by atoms with Crippen molar-refractivity contribution in [3.63, 3.8) is 0 Å². The van der Waals surface area contributed by atoms with Crippen LogP contribution in [0.1, 0.15) is 19.5 Å². The lowest BCUT2D eigenvalue weighted by atomic mass is 9.98. The van der Waals surface area contributed by atoms with Gasteiger partial charge in [-0.2, -0.15) is 0 Å². The summed E-state index contributed by atoms with van der Waals surface area (Å²) in [6.07, 6.45) is 13.8. The number of benzene rings is 4. The van der Waals surface area contributed by atoms with Crippen LogP contribution < -0.4 is 0 Å². The van der Waals surface area contributed by atoms with Crippen LogP contribution in [0.3, 0.4) is 0 Å². The predicted octanol–water partition coefficient (Wildman–Crippen LogP) is 12.0. The van der Waals surface area contributed by atoms with E-state index in [0.717, 1.165) is 77.7 Å². The zero-order valence-corrected chi connectivity index (χ0v) is 29.2. The number of nitrogens with zero attached hydrogens (tertiary/aromatic N) is 5. The number of rotatable bonds is 9. The van der Waals surface area contributed by atoms with E-state index in [-0.39, 0.29) is 0 Å². The molecule has 4 aromatic carbocycles. The smallest absolute Gasteiger partial charge is 0.0963 e. The fourth-order valence-electron chi connectivity index (χ4n) is 7.16. The Hall–Kier alpha value is -6.85. The Labute approximate surface area is 303 Å². The highest BCUT2D eigenvalue weighted by Crippen LogP contribution is 2.41. The van der Waals surface area contributed by atoms with Gasteiger partial charge < -0.3 is 9.13 Å². The summed E-state index contributed by atoms with van der Waals surface area (Å²) < 4.78 is 4.62. The minimum Gasteiger partial charge on any atom is -0.309 e. The standard InChI is InChI=1S/C47H37N5/c1-5-6-20-40(48-4)32(2)29-36(30-33(3)41-21-12-13-27-49-41)52-42-22-11-10-18-38(42)46-37(19-14-23-44(46)52)34-25-26-43-39(31-34)47-45(24-15-28-50-47)51(43)35-16-8-7-9-17-35/h5-31H,2,4H2,1,3H3/b6-5-,33-30+,36-29+,40-20-. The third kappa shape index (κ3) is 5.68. The van der Waals surface area contributed by atoms with Gasteiger partial charge in [-0.05, 0) is 122 Å². The second-order valence-corrected chi connectivity index (χ2v) is 12.7. The van der Waals surface area contributed by atoms with Gasteiger partial charge in [0.1, 0.15) is 0 Å². The fourth-order valence-corrected chi connectivity index (χ4v) is 7.16. The van der Waals surface area contributed by atoms with Crippen molar-refractivity contribution in [2.45, 2.75) is 13.8 Å². The molecule has 0 aliphatic carbocycles. The van der Waals surface area contributed by atoms with E-state index in [1.165, 1.54) is 5.39 Å². The molecule has 0 saturated carbocycles. The molecule has 52 heavy (non-hydrogen) atoms. The molecule has 4 aromatic heterocycles. The summed E-state index contributed by atoms with van der Waals surface area (Å²) in [7, 11) is 0. The Balaban J connectivity index is 1.38. The first-order valence-corrected chi connectivity index (χ1v) is 17.4. The quantitative estimate of drug-likeness (QED) is 0.113. The molecule has 5 nitrogen and oxygen atoms in total. The molecule has 250 valence electrons. The fraction of sp³-hybridized carbons (Fsp3) is 0.0426. The Morgan fingerprint density at radius 1 is 0.712 bits per heavy atom. The molecule has 5 heteroatoms. The molecule has 0 fully saturated rings. The first-order chi connectivity index (χ1) is 25.6. The molecule has 0 spiro atoms. The third-order valence-corrected chi connectivity index (χ3v) is 9.50. The molecule has 0 radical (unpaired) electrons. The van der Waals surface area contributed by atoms with Crippen molar-refractivity contribution in [3.05, 3.63) is 188 Å². The van der Waals surface area contributed by atoms with E-state index in [1.807, 2.05) is 67.9 Å². The molecule has 8 aromatic rings. The van der Waals surface area contributed by atoms with Crippen LogP contribution in [0.15, 0.2) is 187 Å². The van der Waals surface area contributed by atoms with E-state index in [0.29, 0.717) is 5.70 Å². The average Bonchev–Trinajstić information content (AvgIpc) is 3.71. The van der Waals surface area contributed by atoms with E-state index in [1.54, 1.807) is 0 Å². The van der Waals surface area contributed by atoms with E-state index in [2.05, 4.69) is 142 Å². The van der Waals surface area contributed by atoms with Crippen molar-refractivity contribution in [2.75, 3.05) is 0 Å². The normalized spacial score (nSPS) is 12.8. The van der Waals surface area contributed by atoms with Gasteiger partial charge in [-0.3, -0.25) is 15.0 Å². The lowest BCUT2D eigenvalue weighted by Crippen LogP contribution is -1.98. The topological polar surface area (TPSA) is 48.0 Å². The predicted molar refractivity (Wildman–Crippen MR) is 221 cm³/mol. The van der Waals surface area contributed by atoms with Crippen molar-refractivity contribution in [2.24, 2.45) is 4.99 Å². The van der Waals surface area contributed by atoms with Crippen molar-refractivity contribution in [3.8, 4) is 16.8 Å². The maximum absolute atomic E-state index is 4.88. The van der Waals surface area contributed by atoms with Crippen LogP contribution in [0.5, 0.6) is 0 Å². The molecule has 8 rings (SSSR count). The highest BCUT2D eigenvalue weighted by atomic mass is 15.0. The molecule has 0 N–H and O–H groups in total. The van der Waals surface area contributed by atoms with Crippen LogP contribution in [0.4, 0.5) is 0 Å². The van der Waals surface area contributed by atoms with E-state index >= 15 is 0 Å². The molecule has 0 atom stereocenters. The van der Waals surface area contributed by atoms with Gasteiger partial charge in [0.2, 0.25) is 0 Å². The number of hydrogen-bond acceptors (Lipinski definition) is 3. The Kier molecular flexibility index (Phi) is 8.59. The second kappa shape index (κ2) is 13.8. The average molecular weight is 672 g/mol. The molecule has 4 heterocycles. The molecule has 0 saturated heterocycles. The first kappa shape index (κ1) is 32.4. The van der Waals surface area contributed by atoms with Gasteiger partial charge in [-0.15, -0.1) is 0 Å². The lowest BCUT2D eigenvalue weighted by Gasteiger charge is -2.13. The largest absolute Gasteiger partial charge is 0.309 e. The SMILES string of the molecule is C=N/C(=C\C=C/C)C(=C)/C=C(\C=C(/C)c1ccccn1)n1c2ccccc2c2c(-c3ccc4c(c3)c3ncccc3n4-c3ccccc3)cccc21. The highest BCUT2D eigenvalue weighted by Gasteiger charge is 2.19. The Morgan fingerprint density at radius 2 is 1.48 bits per heavy atom. The van der Waals surface area contributed by atoms with Gasteiger partial charge in [0.05, 0.1) is 39.0 Å². The van der Waals surface area contributed by atoms with E-state index < -0.39 is 0 Å². The highest BCUT2D eigenvalue weighted by molar-refractivity contribution is 6.18. The molecular formula is C47H37N5. The number of fused-ring (bicyclic) bond motifs is 6. The number of aliphatic imine (C=N–C) groups is 1. The van der Waals surface area contributed by atoms with Gasteiger partial charge >= 0.3 is 0 Å². The summed E-state index contributed by atoms with van der Waals surface area (Å²) in [5, 5.41) is 3.44. The number of aromatic nitrogens is 4. The molecule has 0 aliphatic rings. The van der Waals surface area contributed by atoms with Crippen LogP contribution >= 0.6 is 0 Å². The number of hydrogen-bond donors (Lipinski definition) is 0. The van der Waals surface area contributed by atoms with Crippen LogP contribution in [0.25, 0.3) is 71.8 Å². The summed E-state index contributed by atoms with van der Waals surface area (Å²) in [5.74, 6) is 0. The van der Waals surface area contributed by atoms with Crippen molar-refractivity contribution >= 4 is 61.7 Å². The Bertz CT molecular complexity index is 2770. The molecule has 0 aliphatic heterocycles. The van der Waals surface area contributed by atoms with Crippen LogP contribution in [-0.2, 0) is 0 Å². The van der Waals surface area contributed by atoms with Gasteiger partial charge in [-0.25, -0.2) is 0 Å². The molecule has 0 bridgehead atoms. The van der Waals surface area contributed by atoms with E-state index in [9.17, 15) is 0 Å². The van der Waals surface area contributed by atoms with Gasteiger partial charge in [-0.1, -0.05) is 79.4 Å². The van der Waals surface area contributed by atoms with Gasteiger partial charge in [0.15, 0.2) is 0 Å². The zero-order valence-electron chi connectivity index (χ0n) is 29.2. The lowest BCUT2D eigenvalue weighted by molar-refractivity contribution is 1.18. The molecular weight excluding hydrogens is 635 g/mol. The summed E-state index contributed by atoms with van der Waals surface area (Å²) in [5.41, 5.74) is 13.1. The minimum absolute atomic E-state index is 0.706. The third-order valence-electron chi connectivity index (χ3n) is 9.50. The summed E-state index contributed by atoms with van der Waals surface area (Å²) >= 11 is 0. The summed E-state index contributed by atoms with van der Waals surface area (Å²) in [6, 6.07) is 42.5. The van der Waals surface area contributed by atoms with Crippen molar-refractivity contribution < 1.29 is 0 Å². The monoisotopic (exact) mass is 671 g/mol. The minimum atomic E-state index is 0.706. The zero-order chi connectivity index (χ0) is 35.6. The second-order valence-electron chi connectivity index (χ2n) is 12.7. The number of pyridine rings is 2. The van der Waals surface area contributed by atoms with Gasteiger partial charge in [0.25, 0.3) is 0 Å². The maximum Gasteiger partial charge on any atom is 0.0963 e. The van der Waals surface area contributed by atoms with Crippen molar-refractivity contribution in [1.82, 2.24) is 19.1 Å². The first-order valence-electron chi connectivity index (χ1n) is 17.4. The number of para-hydroxylation sites is 2. The Morgan fingerprint density at radius 3 is 2.29 bits per heavy atom. The van der Waals surface area contributed by atoms with Gasteiger partial charge in [0, 0.05) is 39.9 Å². The van der Waals surface area contributed by atoms with Crippen LogP contribution in [-0.4, -0.2) is 25.8 Å². The maximum atomic E-state index is 4.88.